The molecule has 1 aliphatic rings. The molecule has 3 aromatic rings. The van der Waals surface area contributed by atoms with E-state index in [4.69, 9.17) is 4.42 Å². The maximum Gasteiger partial charge on any atom is 0.289 e. The van der Waals surface area contributed by atoms with Crippen molar-refractivity contribution >= 4 is 16.9 Å². The first kappa shape index (κ1) is 12.2. The Labute approximate surface area is 121 Å². The summed E-state index contributed by atoms with van der Waals surface area (Å²) in [5.74, 6) is 0.373. The molecule has 2 aromatic heterocycles. The Morgan fingerprint density at radius 2 is 2.19 bits per heavy atom. The van der Waals surface area contributed by atoms with Crippen molar-refractivity contribution in [3.8, 4) is 0 Å². The molecule has 1 amide bonds. The number of hydrogen-bond acceptors (Lipinski definition) is 3. The van der Waals surface area contributed by atoms with Gasteiger partial charge in [0.05, 0.1) is 6.04 Å². The van der Waals surface area contributed by atoms with E-state index in [0.29, 0.717) is 12.3 Å². The number of para-hydroxylation sites is 1. The van der Waals surface area contributed by atoms with Gasteiger partial charge >= 0.3 is 0 Å². The van der Waals surface area contributed by atoms with Gasteiger partial charge in [-0.3, -0.25) is 9.48 Å². The molecule has 1 fully saturated rings. The highest BCUT2D eigenvalue weighted by Crippen LogP contribution is 2.25. The molecule has 1 atom stereocenters. The molecule has 0 radical (unpaired) electrons. The predicted molar refractivity (Wildman–Crippen MR) is 78.0 cm³/mol. The van der Waals surface area contributed by atoms with Crippen molar-refractivity contribution in [2.45, 2.75) is 12.5 Å². The van der Waals surface area contributed by atoms with Gasteiger partial charge in [0, 0.05) is 30.9 Å². The van der Waals surface area contributed by atoms with Crippen LogP contribution in [0.5, 0.6) is 0 Å². The van der Waals surface area contributed by atoms with E-state index in [2.05, 4.69) is 5.10 Å². The van der Waals surface area contributed by atoms with E-state index < -0.39 is 0 Å². The Morgan fingerprint density at radius 1 is 1.29 bits per heavy atom. The zero-order valence-electron chi connectivity index (χ0n) is 11.5. The molecule has 1 aliphatic heterocycles. The third kappa shape index (κ3) is 2.11. The number of rotatable bonds is 2. The van der Waals surface area contributed by atoms with Crippen LogP contribution in [-0.2, 0) is 0 Å². The summed E-state index contributed by atoms with van der Waals surface area (Å²) in [7, 11) is 0. The first-order valence-electron chi connectivity index (χ1n) is 7.08. The number of aromatic nitrogens is 2. The van der Waals surface area contributed by atoms with E-state index in [1.165, 1.54) is 0 Å². The van der Waals surface area contributed by atoms with Crippen molar-refractivity contribution in [3.05, 3.63) is 54.6 Å². The monoisotopic (exact) mass is 281 g/mol. The van der Waals surface area contributed by atoms with Gasteiger partial charge in [0.15, 0.2) is 5.76 Å². The van der Waals surface area contributed by atoms with Crippen LogP contribution in [0.4, 0.5) is 0 Å². The zero-order chi connectivity index (χ0) is 14.2. The highest BCUT2D eigenvalue weighted by Gasteiger charge is 2.29. The number of furan rings is 1. The topological polar surface area (TPSA) is 51.3 Å². The summed E-state index contributed by atoms with van der Waals surface area (Å²) < 4.78 is 7.58. The quantitative estimate of drug-likeness (QED) is 0.725. The number of amides is 1. The molecule has 0 bridgehead atoms. The van der Waals surface area contributed by atoms with Crippen LogP contribution in [-0.4, -0.2) is 33.7 Å². The summed E-state index contributed by atoms with van der Waals surface area (Å²) in [5, 5.41) is 5.22. The zero-order valence-corrected chi connectivity index (χ0v) is 11.5. The molecule has 0 N–H and O–H groups in total. The Morgan fingerprint density at radius 3 is 3.00 bits per heavy atom. The molecule has 5 nitrogen and oxygen atoms in total. The van der Waals surface area contributed by atoms with Crippen LogP contribution in [0, 0.1) is 0 Å². The highest BCUT2D eigenvalue weighted by molar-refractivity contribution is 5.96. The van der Waals surface area contributed by atoms with Crippen molar-refractivity contribution in [2.75, 3.05) is 13.1 Å². The number of benzene rings is 1. The first-order chi connectivity index (χ1) is 10.3. The SMILES string of the molecule is O=C(c1cc2ccccc2o1)N1CCC(n2cccn2)C1. The molecule has 0 aliphatic carbocycles. The second-order valence-electron chi connectivity index (χ2n) is 5.33. The lowest BCUT2D eigenvalue weighted by molar-refractivity contribution is 0.0758. The molecule has 4 rings (SSSR count). The fourth-order valence-electron chi connectivity index (χ4n) is 2.88. The Kier molecular flexibility index (Phi) is 2.77. The van der Waals surface area contributed by atoms with Gasteiger partial charge in [0.2, 0.25) is 0 Å². The second kappa shape index (κ2) is 4.77. The van der Waals surface area contributed by atoms with E-state index >= 15 is 0 Å². The van der Waals surface area contributed by atoms with E-state index in [9.17, 15) is 4.79 Å². The Hall–Kier alpha value is -2.56. The van der Waals surface area contributed by atoms with E-state index in [1.54, 1.807) is 6.20 Å². The second-order valence-corrected chi connectivity index (χ2v) is 5.33. The lowest BCUT2D eigenvalue weighted by Crippen LogP contribution is -2.28. The minimum absolute atomic E-state index is 0.0409. The van der Waals surface area contributed by atoms with Gasteiger partial charge in [-0.05, 0) is 24.6 Å². The molecule has 3 heterocycles. The van der Waals surface area contributed by atoms with Gasteiger partial charge in [0.25, 0.3) is 5.91 Å². The van der Waals surface area contributed by atoms with Crippen molar-refractivity contribution < 1.29 is 9.21 Å². The van der Waals surface area contributed by atoms with Crippen LogP contribution in [0.2, 0.25) is 0 Å². The third-order valence-corrected chi connectivity index (χ3v) is 3.99. The van der Waals surface area contributed by atoms with Crippen LogP contribution >= 0.6 is 0 Å². The molecule has 106 valence electrons. The van der Waals surface area contributed by atoms with E-state index in [0.717, 1.165) is 23.9 Å². The summed E-state index contributed by atoms with van der Waals surface area (Å²) in [6, 6.07) is 11.7. The number of nitrogens with zero attached hydrogens (tertiary/aromatic N) is 3. The maximum atomic E-state index is 12.5. The lowest BCUT2D eigenvalue weighted by atomic mass is 10.2. The fraction of sp³-hybridized carbons (Fsp3) is 0.250. The van der Waals surface area contributed by atoms with Gasteiger partial charge in [-0.15, -0.1) is 0 Å². The number of carbonyl (C=O) groups excluding carboxylic acids is 1. The fourth-order valence-corrected chi connectivity index (χ4v) is 2.88. The summed E-state index contributed by atoms with van der Waals surface area (Å²) >= 11 is 0. The molecule has 0 spiro atoms. The molecular formula is C16H15N3O2. The van der Waals surface area contributed by atoms with Crippen molar-refractivity contribution in [1.82, 2.24) is 14.7 Å². The first-order valence-corrected chi connectivity index (χ1v) is 7.08. The standard InChI is InChI=1S/C16H15N3O2/c20-16(15-10-12-4-1-2-5-14(12)21-15)18-9-6-13(11-18)19-8-3-7-17-19/h1-5,7-8,10,13H,6,9,11H2. The van der Waals surface area contributed by atoms with Gasteiger partial charge < -0.3 is 9.32 Å². The number of fused-ring (bicyclic) bond motifs is 1. The maximum absolute atomic E-state index is 12.5. The summed E-state index contributed by atoms with van der Waals surface area (Å²) in [5.41, 5.74) is 0.753. The third-order valence-electron chi connectivity index (χ3n) is 3.99. The van der Waals surface area contributed by atoms with E-state index in [1.807, 2.05) is 52.2 Å². The summed E-state index contributed by atoms with van der Waals surface area (Å²) in [4.78, 5) is 14.4. The molecule has 21 heavy (non-hydrogen) atoms. The van der Waals surface area contributed by atoms with Crippen molar-refractivity contribution in [1.29, 1.82) is 0 Å². The van der Waals surface area contributed by atoms with Crippen LogP contribution in [0.1, 0.15) is 23.0 Å². The minimum Gasteiger partial charge on any atom is -0.451 e. The number of carbonyl (C=O) groups is 1. The number of likely N-dealkylation sites (tertiary alicyclic amines) is 1. The van der Waals surface area contributed by atoms with Crippen LogP contribution < -0.4 is 0 Å². The van der Waals surface area contributed by atoms with E-state index in [-0.39, 0.29) is 11.9 Å². The van der Waals surface area contributed by atoms with Gasteiger partial charge in [-0.1, -0.05) is 18.2 Å². The number of hydrogen-bond donors (Lipinski definition) is 0. The molecule has 0 saturated carbocycles. The van der Waals surface area contributed by atoms with Crippen molar-refractivity contribution in [3.63, 3.8) is 0 Å². The Balaban J connectivity index is 1.55. The summed E-state index contributed by atoms with van der Waals surface area (Å²) in [6.07, 6.45) is 4.64. The molecule has 1 unspecified atom stereocenters. The smallest absolute Gasteiger partial charge is 0.289 e. The molecule has 5 heteroatoms. The Bertz CT molecular complexity index is 743. The van der Waals surface area contributed by atoms with Crippen LogP contribution in [0.3, 0.4) is 0 Å². The van der Waals surface area contributed by atoms with Gasteiger partial charge in [0.1, 0.15) is 5.58 Å². The lowest BCUT2D eigenvalue weighted by Gasteiger charge is -2.15. The average Bonchev–Trinajstić information content (AvgIpc) is 3.24. The van der Waals surface area contributed by atoms with Crippen LogP contribution in [0.15, 0.2) is 53.2 Å². The molecule has 1 saturated heterocycles. The molecule has 1 aromatic carbocycles. The van der Waals surface area contributed by atoms with Crippen molar-refractivity contribution in [2.24, 2.45) is 0 Å². The highest BCUT2D eigenvalue weighted by atomic mass is 16.3. The van der Waals surface area contributed by atoms with Crippen LogP contribution in [0.25, 0.3) is 11.0 Å². The molecular weight excluding hydrogens is 266 g/mol. The van der Waals surface area contributed by atoms with Gasteiger partial charge in [-0.2, -0.15) is 5.10 Å². The summed E-state index contributed by atoms with van der Waals surface area (Å²) in [6.45, 7) is 1.41. The van der Waals surface area contributed by atoms with Gasteiger partial charge in [-0.25, -0.2) is 0 Å². The predicted octanol–water partition coefficient (Wildman–Crippen LogP) is 2.72. The largest absolute Gasteiger partial charge is 0.451 e. The normalized spacial score (nSPS) is 18.5. The minimum atomic E-state index is -0.0409. The average molecular weight is 281 g/mol.